The first kappa shape index (κ1) is 22.0. The number of carbonyl (C=O) groups excluding carboxylic acids is 1. The summed E-state index contributed by atoms with van der Waals surface area (Å²) in [5, 5.41) is 0.891. The third-order valence-electron chi connectivity index (χ3n) is 3.99. The third kappa shape index (κ3) is 4.73. The number of sulfone groups is 1. The topological polar surface area (TPSA) is 80.6 Å². The van der Waals surface area contributed by atoms with E-state index >= 15 is 0 Å². The lowest BCUT2D eigenvalue weighted by Gasteiger charge is -2.04. The maximum Gasteiger partial charge on any atom is 0.295 e. The van der Waals surface area contributed by atoms with Gasteiger partial charge in [0, 0.05) is 21.2 Å². The molecule has 1 atom stereocenters. The van der Waals surface area contributed by atoms with E-state index in [2.05, 4.69) is 4.36 Å². The van der Waals surface area contributed by atoms with E-state index in [0.717, 1.165) is 11.3 Å². The predicted molar refractivity (Wildman–Crippen MR) is 117 cm³/mol. The van der Waals surface area contributed by atoms with E-state index < -0.39 is 25.5 Å². The standard InChI is InChI=1S/C19H15Cl2NO4S3/c1-12-11-17(29(25,26)16-9-5-14(21)6-10-16)27-18(12)19(23)22-28(2,24)15-7-3-13(20)4-8-15/h3-11H,1-2H3. The monoisotopic (exact) mass is 487 g/mol. The number of aryl methyl sites for hydroxylation is 1. The van der Waals surface area contributed by atoms with E-state index in [0.29, 0.717) is 20.5 Å². The highest BCUT2D eigenvalue weighted by atomic mass is 35.5. The second-order valence-electron chi connectivity index (χ2n) is 6.19. The molecule has 0 saturated carbocycles. The van der Waals surface area contributed by atoms with Gasteiger partial charge in [0.1, 0.15) is 4.21 Å². The van der Waals surface area contributed by atoms with Gasteiger partial charge in [-0.2, -0.15) is 4.36 Å². The van der Waals surface area contributed by atoms with Crippen molar-refractivity contribution in [2.45, 2.75) is 20.9 Å². The Morgan fingerprint density at radius 1 is 0.897 bits per heavy atom. The Balaban J connectivity index is 2.00. The molecule has 29 heavy (non-hydrogen) atoms. The maximum atomic E-state index is 12.9. The molecule has 152 valence electrons. The van der Waals surface area contributed by atoms with E-state index in [4.69, 9.17) is 23.2 Å². The Morgan fingerprint density at radius 2 is 1.38 bits per heavy atom. The highest BCUT2D eigenvalue weighted by Gasteiger charge is 2.24. The molecule has 5 nitrogen and oxygen atoms in total. The second kappa shape index (κ2) is 8.20. The highest BCUT2D eigenvalue weighted by Crippen LogP contribution is 2.32. The molecule has 3 rings (SSSR count). The molecular formula is C19H15Cl2NO4S3. The van der Waals surface area contributed by atoms with Gasteiger partial charge in [0.25, 0.3) is 5.91 Å². The maximum absolute atomic E-state index is 12.9. The van der Waals surface area contributed by atoms with Crippen molar-refractivity contribution in [3.05, 3.63) is 75.1 Å². The molecule has 0 aliphatic carbocycles. The number of hydrogen-bond donors (Lipinski definition) is 0. The Bertz CT molecular complexity index is 1300. The molecule has 0 fully saturated rings. The van der Waals surface area contributed by atoms with Gasteiger partial charge in [-0.3, -0.25) is 4.79 Å². The van der Waals surface area contributed by atoms with Gasteiger partial charge < -0.3 is 0 Å². The summed E-state index contributed by atoms with van der Waals surface area (Å²) in [6.07, 6.45) is 1.35. The summed E-state index contributed by atoms with van der Waals surface area (Å²) < 4.78 is 42.4. The number of rotatable bonds is 4. The lowest BCUT2D eigenvalue weighted by atomic mass is 10.3. The van der Waals surface area contributed by atoms with Crippen LogP contribution in [-0.4, -0.2) is 24.8 Å². The molecule has 1 unspecified atom stereocenters. The molecule has 0 aliphatic heterocycles. The van der Waals surface area contributed by atoms with Gasteiger partial charge in [-0.05, 0) is 67.1 Å². The van der Waals surface area contributed by atoms with Crippen LogP contribution in [0.25, 0.3) is 0 Å². The first-order chi connectivity index (χ1) is 13.5. The van der Waals surface area contributed by atoms with Crippen LogP contribution in [0.3, 0.4) is 0 Å². The van der Waals surface area contributed by atoms with Crippen molar-refractivity contribution < 1.29 is 17.4 Å². The molecule has 3 aromatic rings. The van der Waals surface area contributed by atoms with E-state index in [1.807, 2.05) is 0 Å². The van der Waals surface area contributed by atoms with Crippen molar-refractivity contribution in [1.82, 2.24) is 0 Å². The summed E-state index contributed by atoms with van der Waals surface area (Å²) in [4.78, 5) is 13.2. The van der Waals surface area contributed by atoms with E-state index in [-0.39, 0.29) is 14.0 Å². The first-order valence-corrected chi connectivity index (χ1v) is 13.1. The van der Waals surface area contributed by atoms with Gasteiger partial charge in [0.05, 0.1) is 19.5 Å². The molecule has 0 spiro atoms. The largest absolute Gasteiger partial charge is 0.295 e. The van der Waals surface area contributed by atoms with Crippen LogP contribution in [0.4, 0.5) is 0 Å². The lowest BCUT2D eigenvalue weighted by molar-refractivity contribution is 0.101. The second-order valence-corrected chi connectivity index (χ2v) is 12.5. The van der Waals surface area contributed by atoms with Gasteiger partial charge in [-0.1, -0.05) is 23.2 Å². The summed E-state index contributed by atoms with van der Waals surface area (Å²) in [7, 11) is -6.83. The van der Waals surface area contributed by atoms with Gasteiger partial charge in [0.2, 0.25) is 9.84 Å². The van der Waals surface area contributed by atoms with Crippen molar-refractivity contribution >= 4 is 60.0 Å². The zero-order valence-corrected chi connectivity index (χ0v) is 19.2. The van der Waals surface area contributed by atoms with E-state index in [1.54, 1.807) is 31.2 Å². The molecule has 1 heterocycles. The summed E-state index contributed by atoms with van der Waals surface area (Å²) in [5.74, 6) is -0.729. The van der Waals surface area contributed by atoms with Crippen molar-refractivity contribution in [3.63, 3.8) is 0 Å². The van der Waals surface area contributed by atoms with Gasteiger partial charge in [0.15, 0.2) is 0 Å². The lowest BCUT2D eigenvalue weighted by Crippen LogP contribution is -2.03. The molecule has 1 aromatic heterocycles. The van der Waals surface area contributed by atoms with Gasteiger partial charge in [-0.15, -0.1) is 11.3 Å². The van der Waals surface area contributed by atoms with Crippen LogP contribution >= 0.6 is 34.5 Å². The minimum absolute atomic E-state index is 0.00460. The average molecular weight is 488 g/mol. The molecule has 0 saturated heterocycles. The number of benzene rings is 2. The molecule has 10 heteroatoms. The molecule has 0 radical (unpaired) electrons. The Labute approximate surface area is 183 Å². The predicted octanol–water partition coefficient (Wildman–Crippen LogP) is 5.49. The number of thiophene rings is 1. The normalized spacial score (nSPS) is 13.7. The first-order valence-electron chi connectivity index (χ1n) is 8.14. The fraction of sp³-hybridized carbons (Fsp3) is 0.105. The minimum Gasteiger partial charge on any atom is -0.265 e. The zero-order chi connectivity index (χ0) is 21.4. The number of nitrogens with zero attached hydrogens (tertiary/aromatic N) is 1. The Kier molecular flexibility index (Phi) is 6.21. The molecule has 0 bridgehead atoms. The summed E-state index contributed by atoms with van der Waals surface area (Å²) in [6, 6.07) is 13.4. The average Bonchev–Trinajstić information content (AvgIpc) is 3.05. The van der Waals surface area contributed by atoms with Crippen LogP contribution in [0, 0.1) is 6.92 Å². The van der Waals surface area contributed by atoms with Crippen LogP contribution in [0.1, 0.15) is 15.2 Å². The third-order valence-corrected chi connectivity index (χ3v) is 9.62. The van der Waals surface area contributed by atoms with Crippen LogP contribution in [0.5, 0.6) is 0 Å². The van der Waals surface area contributed by atoms with Crippen molar-refractivity contribution in [1.29, 1.82) is 0 Å². The Morgan fingerprint density at radius 3 is 1.90 bits per heavy atom. The number of carbonyl (C=O) groups is 1. The van der Waals surface area contributed by atoms with Crippen LogP contribution < -0.4 is 0 Å². The van der Waals surface area contributed by atoms with Crippen molar-refractivity contribution in [2.75, 3.05) is 6.26 Å². The molecular weight excluding hydrogens is 473 g/mol. The molecule has 0 aliphatic rings. The van der Waals surface area contributed by atoms with Gasteiger partial charge >= 0.3 is 0 Å². The van der Waals surface area contributed by atoms with Crippen molar-refractivity contribution in [2.24, 2.45) is 4.36 Å². The van der Waals surface area contributed by atoms with Crippen LogP contribution in [0.15, 0.2) is 73.0 Å². The molecule has 2 aromatic carbocycles. The fourth-order valence-corrected chi connectivity index (χ4v) is 6.76. The van der Waals surface area contributed by atoms with E-state index in [1.165, 1.54) is 36.6 Å². The Hall–Kier alpha value is -1.71. The summed E-state index contributed by atoms with van der Waals surface area (Å²) in [6.45, 7) is 1.61. The SMILES string of the molecule is Cc1cc(S(=O)(=O)c2ccc(Cl)cc2)sc1C(=O)N=S(C)(=O)c1ccc(Cl)cc1. The van der Waals surface area contributed by atoms with Gasteiger partial charge in [-0.25, -0.2) is 12.6 Å². The number of hydrogen-bond acceptors (Lipinski definition) is 5. The quantitative estimate of drug-likeness (QED) is 0.486. The molecule has 1 amide bonds. The fourth-order valence-electron chi connectivity index (χ4n) is 2.47. The summed E-state index contributed by atoms with van der Waals surface area (Å²) in [5.41, 5.74) is 0.447. The number of amides is 1. The highest BCUT2D eigenvalue weighted by molar-refractivity contribution is 7.94. The van der Waals surface area contributed by atoms with Crippen molar-refractivity contribution in [3.8, 4) is 0 Å². The van der Waals surface area contributed by atoms with Crippen LogP contribution in [-0.2, 0) is 19.6 Å². The molecule has 0 N–H and O–H groups in total. The zero-order valence-electron chi connectivity index (χ0n) is 15.3. The van der Waals surface area contributed by atoms with E-state index in [9.17, 15) is 17.4 Å². The minimum atomic E-state index is -3.81. The summed E-state index contributed by atoms with van der Waals surface area (Å²) >= 11 is 12.5. The smallest absolute Gasteiger partial charge is 0.265 e. The van der Waals surface area contributed by atoms with Crippen LogP contribution in [0.2, 0.25) is 10.0 Å². The number of halogens is 2.